The number of esters is 1. The lowest BCUT2D eigenvalue weighted by atomic mass is 10.2. The number of carbonyl (C=O) groups excluding carboxylic acids is 1. The fourth-order valence-corrected chi connectivity index (χ4v) is 1.43. The first-order valence-corrected chi connectivity index (χ1v) is 5.72. The van der Waals surface area contributed by atoms with Gasteiger partial charge in [0.05, 0.1) is 17.3 Å². The zero-order valence-electron chi connectivity index (χ0n) is 9.46. The Bertz CT molecular complexity index is 447. The molecule has 1 rings (SSSR count). The first-order chi connectivity index (χ1) is 8.04. The van der Waals surface area contributed by atoms with Gasteiger partial charge < -0.3 is 4.74 Å². The lowest BCUT2D eigenvalue weighted by molar-refractivity contribution is -0.134. The Morgan fingerprint density at radius 3 is 2.82 bits per heavy atom. The average Bonchev–Trinajstić information content (AvgIpc) is 2.27. The van der Waals surface area contributed by atoms with E-state index in [0.717, 1.165) is 5.56 Å². The van der Waals surface area contributed by atoms with E-state index < -0.39 is 5.97 Å². The maximum absolute atomic E-state index is 11.1. The number of carbonyl (C=O) groups is 1. The number of nitrogens with zero attached hydrogens (tertiary/aromatic N) is 1. The number of nitrogens with one attached hydrogen (secondary N) is 1. The van der Waals surface area contributed by atoms with E-state index in [0.29, 0.717) is 10.7 Å². The molecule has 0 atom stereocenters. The highest BCUT2D eigenvalue weighted by Gasteiger charge is 2.09. The average molecular weight is 275 g/mol. The van der Waals surface area contributed by atoms with Gasteiger partial charge in [0.2, 0.25) is 5.17 Å². The van der Waals surface area contributed by atoms with E-state index in [1.54, 1.807) is 19.1 Å². The van der Waals surface area contributed by atoms with E-state index in [-0.39, 0.29) is 11.8 Å². The van der Waals surface area contributed by atoms with Crippen molar-refractivity contribution >= 4 is 40.0 Å². The van der Waals surface area contributed by atoms with Crippen LogP contribution in [0.5, 0.6) is 0 Å². The molecule has 1 aromatic rings. The van der Waals surface area contributed by atoms with Crippen LogP contribution in [0.25, 0.3) is 0 Å². The minimum Gasteiger partial charge on any atom is -0.461 e. The van der Waals surface area contributed by atoms with Crippen molar-refractivity contribution in [2.24, 2.45) is 5.10 Å². The molecule has 0 bridgehead atoms. The van der Waals surface area contributed by atoms with E-state index in [1.807, 2.05) is 13.0 Å². The van der Waals surface area contributed by atoms with E-state index in [9.17, 15) is 4.79 Å². The Hall–Kier alpha value is -1.26. The highest BCUT2D eigenvalue weighted by Crippen LogP contribution is 2.22. The van der Waals surface area contributed by atoms with Crippen molar-refractivity contribution in [1.29, 1.82) is 0 Å². The Labute approximate surface area is 110 Å². The Morgan fingerprint density at radius 2 is 2.24 bits per heavy atom. The van der Waals surface area contributed by atoms with Crippen molar-refractivity contribution in [2.45, 2.75) is 13.8 Å². The molecule has 0 unspecified atom stereocenters. The molecule has 0 aromatic heterocycles. The van der Waals surface area contributed by atoms with Crippen LogP contribution in [0, 0.1) is 6.92 Å². The fraction of sp³-hybridized carbons (Fsp3) is 0.273. The summed E-state index contributed by atoms with van der Waals surface area (Å²) >= 11 is 11.6. The van der Waals surface area contributed by atoms with E-state index in [2.05, 4.69) is 15.3 Å². The summed E-state index contributed by atoms with van der Waals surface area (Å²) in [6.07, 6.45) is 0. The van der Waals surface area contributed by atoms with Crippen molar-refractivity contribution in [3.63, 3.8) is 0 Å². The van der Waals surface area contributed by atoms with Gasteiger partial charge in [0.25, 0.3) is 0 Å². The van der Waals surface area contributed by atoms with Gasteiger partial charge in [0, 0.05) is 0 Å². The quantitative estimate of drug-likeness (QED) is 0.521. The fourth-order valence-electron chi connectivity index (χ4n) is 1.06. The number of anilines is 1. The van der Waals surface area contributed by atoms with Gasteiger partial charge in [-0.15, -0.1) is 0 Å². The van der Waals surface area contributed by atoms with Crippen LogP contribution >= 0.6 is 23.2 Å². The largest absolute Gasteiger partial charge is 0.461 e. The van der Waals surface area contributed by atoms with Gasteiger partial charge in [-0.2, -0.15) is 5.10 Å². The Balaban J connectivity index is 2.72. The van der Waals surface area contributed by atoms with Crippen LogP contribution in [-0.2, 0) is 9.53 Å². The highest BCUT2D eigenvalue weighted by atomic mass is 35.5. The van der Waals surface area contributed by atoms with E-state index in [4.69, 9.17) is 23.2 Å². The summed E-state index contributed by atoms with van der Waals surface area (Å²) in [5.41, 5.74) is 4.20. The molecule has 1 N–H and O–H groups in total. The molecule has 17 heavy (non-hydrogen) atoms. The second-order valence-corrected chi connectivity index (χ2v) is 3.98. The normalized spacial score (nSPS) is 11.2. The monoisotopic (exact) mass is 274 g/mol. The molecule has 0 saturated heterocycles. The van der Waals surface area contributed by atoms with Crippen LogP contribution in [0.2, 0.25) is 5.02 Å². The second kappa shape index (κ2) is 6.47. The molecule has 4 nitrogen and oxygen atoms in total. The van der Waals surface area contributed by atoms with E-state index >= 15 is 0 Å². The number of rotatable bonds is 4. The number of ether oxygens (including phenoxy) is 1. The first kappa shape index (κ1) is 13.8. The van der Waals surface area contributed by atoms with Gasteiger partial charge in [-0.05, 0) is 31.5 Å². The van der Waals surface area contributed by atoms with Crippen molar-refractivity contribution < 1.29 is 9.53 Å². The number of hydrogen-bond donors (Lipinski definition) is 1. The molecule has 0 radical (unpaired) electrons. The Kier molecular flexibility index (Phi) is 5.25. The SMILES string of the molecule is CCOC(=O)/C(Cl)=N/Nc1ccc(C)cc1Cl. The Morgan fingerprint density at radius 1 is 1.53 bits per heavy atom. The van der Waals surface area contributed by atoms with Gasteiger partial charge in [-0.1, -0.05) is 29.3 Å². The van der Waals surface area contributed by atoms with Crippen LogP contribution in [0.1, 0.15) is 12.5 Å². The molecule has 6 heteroatoms. The van der Waals surface area contributed by atoms with Gasteiger partial charge in [-0.3, -0.25) is 5.43 Å². The molecule has 1 aromatic carbocycles. The highest BCUT2D eigenvalue weighted by molar-refractivity contribution is 6.82. The number of aryl methyl sites for hydroxylation is 1. The second-order valence-electron chi connectivity index (χ2n) is 3.22. The molecule has 92 valence electrons. The summed E-state index contributed by atoms with van der Waals surface area (Å²) in [7, 11) is 0. The summed E-state index contributed by atoms with van der Waals surface area (Å²) in [5.74, 6) is -0.676. The predicted octanol–water partition coefficient (Wildman–Crippen LogP) is 3.18. The van der Waals surface area contributed by atoms with Crippen LogP contribution < -0.4 is 5.43 Å². The smallest absolute Gasteiger partial charge is 0.370 e. The van der Waals surface area contributed by atoms with Crippen molar-refractivity contribution in [3.05, 3.63) is 28.8 Å². The standard InChI is InChI=1S/C11H12Cl2N2O2/c1-3-17-11(16)10(13)15-14-9-5-4-7(2)6-8(9)12/h4-6,14H,3H2,1-2H3/b15-10-. The molecule has 0 heterocycles. The summed E-state index contributed by atoms with van der Waals surface area (Å²) in [4.78, 5) is 11.1. The minimum absolute atomic E-state index is 0.246. The molecule has 0 fully saturated rings. The number of hydrazone groups is 1. The molecule has 0 amide bonds. The molecule has 0 spiro atoms. The van der Waals surface area contributed by atoms with Crippen LogP contribution in [0.4, 0.5) is 5.69 Å². The molecule has 0 saturated carbocycles. The van der Waals surface area contributed by atoms with Gasteiger partial charge >= 0.3 is 5.97 Å². The summed E-state index contributed by atoms with van der Waals surface area (Å²) in [6.45, 7) is 3.85. The summed E-state index contributed by atoms with van der Waals surface area (Å²) in [5, 5.41) is 3.90. The van der Waals surface area contributed by atoms with Crippen LogP contribution in [0.3, 0.4) is 0 Å². The lowest BCUT2D eigenvalue weighted by Gasteiger charge is -2.04. The van der Waals surface area contributed by atoms with Crippen LogP contribution in [0.15, 0.2) is 23.3 Å². The van der Waals surface area contributed by atoms with Gasteiger partial charge in [0.1, 0.15) is 0 Å². The first-order valence-electron chi connectivity index (χ1n) is 4.97. The van der Waals surface area contributed by atoms with E-state index in [1.165, 1.54) is 0 Å². The lowest BCUT2D eigenvalue weighted by Crippen LogP contribution is -2.13. The van der Waals surface area contributed by atoms with Gasteiger partial charge in [-0.25, -0.2) is 4.79 Å². The molecular weight excluding hydrogens is 263 g/mol. The third kappa shape index (κ3) is 4.24. The summed E-state index contributed by atoms with van der Waals surface area (Å²) < 4.78 is 4.67. The zero-order chi connectivity index (χ0) is 12.8. The number of hydrogen-bond acceptors (Lipinski definition) is 4. The van der Waals surface area contributed by atoms with Gasteiger partial charge in [0.15, 0.2) is 0 Å². The molecule has 0 aliphatic carbocycles. The topological polar surface area (TPSA) is 50.7 Å². The summed E-state index contributed by atoms with van der Waals surface area (Å²) in [6, 6.07) is 5.39. The molecular formula is C11H12Cl2N2O2. The maximum atomic E-state index is 11.1. The predicted molar refractivity (Wildman–Crippen MR) is 69.7 cm³/mol. The van der Waals surface area contributed by atoms with Crippen molar-refractivity contribution in [3.8, 4) is 0 Å². The van der Waals surface area contributed by atoms with Crippen molar-refractivity contribution in [2.75, 3.05) is 12.0 Å². The third-order valence-corrected chi connectivity index (χ3v) is 2.39. The third-order valence-electron chi connectivity index (χ3n) is 1.84. The molecule has 0 aliphatic heterocycles. The minimum atomic E-state index is -0.676. The zero-order valence-corrected chi connectivity index (χ0v) is 11.0. The maximum Gasteiger partial charge on any atom is 0.370 e. The number of benzene rings is 1. The van der Waals surface area contributed by atoms with Crippen LogP contribution in [-0.4, -0.2) is 17.7 Å². The van der Waals surface area contributed by atoms with Crippen molar-refractivity contribution in [1.82, 2.24) is 0 Å². The number of halogens is 2. The molecule has 0 aliphatic rings.